The lowest BCUT2D eigenvalue weighted by molar-refractivity contribution is 0.876. The third-order valence-corrected chi connectivity index (χ3v) is 5.30. The van der Waals surface area contributed by atoms with E-state index >= 15 is 0 Å². The Bertz CT molecular complexity index is 498. The second-order valence-corrected chi connectivity index (χ2v) is 7.12. The van der Waals surface area contributed by atoms with E-state index in [1.807, 2.05) is 11.8 Å². The van der Waals surface area contributed by atoms with E-state index in [1.54, 1.807) is 11.3 Å². The monoisotopic (exact) mass is 346 g/mol. The van der Waals surface area contributed by atoms with E-state index in [9.17, 15) is 0 Å². The predicted octanol–water partition coefficient (Wildman–Crippen LogP) is 3.38. The standard InChI is InChI=1S/C10H7IN2S2/c11-10-13-12-9(15-10)7-5-14-8-4-2-1-3-6(7)8/h1-4,7H,5H2. The van der Waals surface area contributed by atoms with Crippen LogP contribution in [0.15, 0.2) is 29.2 Å². The van der Waals surface area contributed by atoms with E-state index in [-0.39, 0.29) is 0 Å². The summed E-state index contributed by atoms with van der Waals surface area (Å²) in [5.41, 5.74) is 1.41. The highest BCUT2D eigenvalue weighted by molar-refractivity contribution is 14.1. The van der Waals surface area contributed by atoms with Crippen LogP contribution in [0.1, 0.15) is 16.5 Å². The Hall–Kier alpha value is -0.140. The first kappa shape index (κ1) is 10.0. The molecule has 1 aromatic heterocycles. The van der Waals surface area contributed by atoms with Gasteiger partial charge in [0.05, 0.1) is 0 Å². The van der Waals surface area contributed by atoms with E-state index in [4.69, 9.17) is 0 Å². The fourth-order valence-corrected chi connectivity index (χ4v) is 4.54. The topological polar surface area (TPSA) is 25.8 Å². The van der Waals surface area contributed by atoms with Gasteiger partial charge in [0.25, 0.3) is 0 Å². The molecule has 2 heterocycles. The predicted molar refractivity (Wildman–Crippen MR) is 71.6 cm³/mol. The number of rotatable bonds is 1. The first-order valence-corrected chi connectivity index (χ1v) is 7.43. The van der Waals surface area contributed by atoms with Gasteiger partial charge in [-0.2, -0.15) is 0 Å². The first-order chi connectivity index (χ1) is 7.34. The van der Waals surface area contributed by atoms with Crippen LogP contribution in [-0.4, -0.2) is 16.0 Å². The number of hydrogen-bond donors (Lipinski definition) is 0. The van der Waals surface area contributed by atoms with Gasteiger partial charge in [-0.15, -0.1) is 22.0 Å². The Balaban J connectivity index is 2.04. The summed E-state index contributed by atoms with van der Waals surface area (Å²) in [5.74, 6) is 1.55. The summed E-state index contributed by atoms with van der Waals surface area (Å²) in [4.78, 5) is 1.40. The quantitative estimate of drug-likeness (QED) is 0.741. The van der Waals surface area contributed by atoms with Crippen molar-refractivity contribution in [3.8, 4) is 0 Å². The number of fused-ring (bicyclic) bond motifs is 1. The lowest BCUT2D eigenvalue weighted by Gasteiger charge is -2.04. The average molecular weight is 346 g/mol. The van der Waals surface area contributed by atoms with Gasteiger partial charge in [0.15, 0.2) is 3.01 Å². The minimum atomic E-state index is 0.451. The van der Waals surface area contributed by atoms with Gasteiger partial charge in [-0.1, -0.05) is 29.5 Å². The first-order valence-electron chi connectivity index (χ1n) is 4.55. The van der Waals surface area contributed by atoms with Crippen LogP contribution in [0.2, 0.25) is 0 Å². The third kappa shape index (κ3) is 1.81. The third-order valence-electron chi connectivity index (χ3n) is 2.41. The zero-order valence-corrected chi connectivity index (χ0v) is 11.5. The Morgan fingerprint density at radius 1 is 1.27 bits per heavy atom. The molecule has 0 N–H and O–H groups in total. The summed E-state index contributed by atoms with van der Waals surface area (Å²) in [6, 6.07) is 8.59. The smallest absolute Gasteiger partial charge is 0.142 e. The maximum atomic E-state index is 4.24. The van der Waals surface area contributed by atoms with Crippen molar-refractivity contribution in [2.45, 2.75) is 10.8 Å². The van der Waals surface area contributed by atoms with Crippen LogP contribution in [0.5, 0.6) is 0 Å². The molecule has 0 aliphatic carbocycles. The Labute approximate surface area is 110 Å². The molecule has 15 heavy (non-hydrogen) atoms. The van der Waals surface area contributed by atoms with Crippen molar-refractivity contribution in [1.82, 2.24) is 10.2 Å². The zero-order valence-electron chi connectivity index (χ0n) is 7.68. The van der Waals surface area contributed by atoms with Crippen LogP contribution < -0.4 is 0 Å². The van der Waals surface area contributed by atoms with Gasteiger partial charge in [0, 0.05) is 16.6 Å². The molecule has 0 spiro atoms. The fraction of sp³-hybridized carbons (Fsp3) is 0.200. The van der Waals surface area contributed by atoms with Gasteiger partial charge >= 0.3 is 0 Å². The molecule has 1 unspecified atom stereocenters. The van der Waals surface area contributed by atoms with Crippen molar-refractivity contribution in [2.24, 2.45) is 0 Å². The van der Waals surface area contributed by atoms with Crippen LogP contribution in [-0.2, 0) is 0 Å². The van der Waals surface area contributed by atoms with Gasteiger partial charge in [-0.05, 0) is 34.2 Å². The number of halogens is 1. The van der Waals surface area contributed by atoms with Crippen LogP contribution in [0.4, 0.5) is 0 Å². The van der Waals surface area contributed by atoms with Crippen LogP contribution in [0.25, 0.3) is 0 Å². The summed E-state index contributed by atoms with van der Waals surface area (Å²) >= 11 is 5.84. The van der Waals surface area contributed by atoms with Crippen LogP contribution in [0.3, 0.4) is 0 Å². The van der Waals surface area contributed by atoms with Crippen molar-refractivity contribution in [3.63, 3.8) is 0 Å². The van der Waals surface area contributed by atoms with E-state index < -0.39 is 0 Å². The maximum absolute atomic E-state index is 4.24. The highest BCUT2D eigenvalue weighted by Crippen LogP contribution is 2.43. The summed E-state index contributed by atoms with van der Waals surface area (Å²) < 4.78 is 1.02. The fourth-order valence-electron chi connectivity index (χ4n) is 1.72. The minimum Gasteiger partial charge on any atom is -0.142 e. The molecular weight excluding hydrogens is 339 g/mol. The van der Waals surface area contributed by atoms with Gasteiger partial charge in [-0.3, -0.25) is 0 Å². The lowest BCUT2D eigenvalue weighted by Crippen LogP contribution is -1.98. The number of nitrogens with zero attached hydrogens (tertiary/aromatic N) is 2. The van der Waals surface area contributed by atoms with E-state index in [2.05, 4.69) is 57.1 Å². The Morgan fingerprint density at radius 3 is 2.93 bits per heavy atom. The maximum Gasteiger partial charge on any atom is 0.178 e. The Kier molecular flexibility index (Phi) is 2.70. The SMILES string of the molecule is Ic1nnc(C2CSc3ccccc32)s1. The zero-order chi connectivity index (χ0) is 10.3. The molecule has 2 aromatic rings. The molecule has 0 fully saturated rings. The summed E-state index contributed by atoms with van der Waals surface area (Å²) in [6.45, 7) is 0. The molecule has 2 nitrogen and oxygen atoms in total. The molecule has 1 aromatic carbocycles. The number of thioether (sulfide) groups is 1. The van der Waals surface area contributed by atoms with Gasteiger partial charge in [0.1, 0.15) is 5.01 Å². The van der Waals surface area contributed by atoms with E-state index in [0.717, 1.165) is 13.8 Å². The summed E-state index contributed by atoms with van der Waals surface area (Å²) in [6.07, 6.45) is 0. The van der Waals surface area contributed by atoms with Gasteiger partial charge in [-0.25, -0.2) is 0 Å². The van der Waals surface area contributed by atoms with E-state index in [0.29, 0.717) is 5.92 Å². The number of hydrogen-bond acceptors (Lipinski definition) is 4. The van der Waals surface area contributed by atoms with Crippen LogP contribution >= 0.6 is 45.7 Å². The molecule has 0 bridgehead atoms. The van der Waals surface area contributed by atoms with Gasteiger partial charge < -0.3 is 0 Å². The van der Waals surface area contributed by atoms with Gasteiger partial charge in [0.2, 0.25) is 0 Å². The molecule has 3 rings (SSSR count). The van der Waals surface area contributed by atoms with Crippen LogP contribution in [0, 0.1) is 3.01 Å². The van der Waals surface area contributed by atoms with Crippen molar-refractivity contribution < 1.29 is 0 Å². The molecule has 0 amide bonds. The molecule has 1 aliphatic heterocycles. The Morgan fingerprint density at radius 2 is 2.13 bits per heavy atom. The number of benzene rings is 1. The summed E-state index contributed by atoms with van der Waals surface area (Å²) in [7, 11) is 0. The molecule has 1 aliphatic rings. The lowest BCUT2D eigenvalue weighted by atomic mass is 10.0. The minimum absolute atomic E-state index is 0.451. The molecule has 1 atom stereocenters. The molecule has 0 saturated carbocycles. The van der Waals surface area contributed by atoms with Crippen molar-refractivity contribution in [1.29, 1.82) is 0 Å². The second kappa shape index (κ2) is 4.03. The largest absolute Gasteiger partial charge is 0.178 e. The number of aromatic nitrogens is 2. The van der Waals surface area contributed by atoms with Crippen molar-refractivity contribution >= 4 is 45.7 Å². The molecule has 76 valence electrons. The average Bonchev–Trinajstić information content (AvgIpc) is 2.83. The summed E-state index contributed by atoms with van der Waals surface area (Å²) in [5, 5.41) is 9.47. The highest BCUT2D eigenvalue weighted by Gasteiger charge is 2.26. The molecular formula is C10H7IN2S2. The molecule has 0 saturated heterocycles. The molecule has 0 radical (unpaired) electrons. The highest BCUT2D eigenvalue weighted by atomic mass is 127. The second-order valence-electron chi connectivity index (χ2n) is 3.29. The van der Waals surface area contributed by atoms with Crippen molar-refractivity contribution in [3.05, 3.63) is 37.9 Å². The normalized spacial score (nSPS) is 19.1. The van der Waals surface area contributed by atoms with E-state index in [1.165, 1.54) is 10.5 Å². The van der Waals surface area contributed by atoms with Crippen molar-refractivity contribution in [2.75, 3.05) is 5.75 Å². The molecule has 5 heteroatoms.